The quantitative estimate of drug-likeness (QED) is 0.348. The molecular formula is C26H23F3N4O2. The molecule has 1 amide bonds. The van der Waals surface area contributed by atoms with Crippen molar-refractivity contribution < 1.29 is 22.7 Å². The number of carbonyl (C=O) groups excluding carboxylic acids is 1. The molecule has 4 aromatic rings. The molecule has 180 valence electrons. The highest BCUT2D eigenvalue weighted by Gasteiger charge is 2.30. The highest BCUT2D eigenvalue weighted by Crippen LogP contribution is 2.38. The van der Waals surface area contributed by atoms with Crippen molar-refractivity contribution in [1.82, 2.24) is 15.0 Å². The molecule has 1 aliphatic carbocycles. The first-order valence-electron chi connectivity index (χ1n) is 11.4. The van der Waals surface area contributed by atoms with E-state index in [1.165, 1.54) is 29.9 Å². The number of alkyl halides is 3. The summed E-state index contributed by atoms with van der Waals surface area (Å²) in [6, 6.07) is 11.6. The van der Waals surface area contributed by atoms with Crippen LogP contribution in [0.25, 0.3) is 11.0 Å². The van der Waals surface area contributed by atoms with E-state index in [9.17, 15) is 18.0 Å². The van der Waals surface area contributed by atoms with Crippen molar-refractivity contribution in [2.45, 2.75) is 44.7 Å². The Balaban J connectivity index is 0.000000166. The first-order chi connectivity index (χ1) is 16.8. The number of rotatable bonds is 2. The number of anilines is 1. The third-order valence-electron chi connectivity index (χ3n) is 6.34. The standard InChI is InChI=1S/C18H18N2O2.C8H5F3N2/c1-11-2-3-12-4-5-13(10-15(11)12)22-16-8-9-19-18-14(16)6-7-17(21)20-18;9-8(10,11)5-1-2-6-7(3-5)13-4-12-6/h4-5,8-11H,2-3,6-7H2,1H3,(H,19,20,21);1-4H,(H,12,13). The van der Waals surface area contributed by atoms with Crippen molar-refractivity contribution >= 4 is 22.8 Å². The van der Waals surface area contributed by atoms with Crippen molar-refractivity contribution in [2.24, 2.45) is 0 Å². The number of aromatic amines is 1. The number of aromatic nitrogens is 3. The SMILES string of the molecule is CC1CCc2ccc(Oc3ccnc4c3CCC(=O)N4)cc21.FC(F)(F)c1ccc2nc[nH]c2c1. The van der Waals surface area contributed by atoms with E-state index >= 15 is 0 Å². The van der Waals surface area contributed by atoms with Crippen LogP contribution >= 0.6 is 0 Å². The molecule has 1 atom stereocenters. The molecule has 2 aromatic carbocycles. The average Bonchev–Trinajstić information content (AvgIpc) is 3.45. The molecule has 35 heavy (non-hydrogen) atoms. The Bertz CT molecular complexity index is 1400. The Hall–Kier alpha value is -3.88. The van der Waals surface area contributed by atoms with E-state index in [4.69, 9.17) is 4.74 Å². The Labute approximate surface area is 199 Å². The third-order valence-corrected chi connectivity index (χ3v) is 6.34. The van der Waals surface area contributed by atoms with Gasteiger partial charge in [-0.2, -0.15) is 13.2 Å². The van der Waals surface area contributed by atoms with Gasteiger partial charge in [0, 0.05) is 18.2 Å². The summed E-state index contributed by atoms with van der Waals surface area (Å²) in [4.78, 5) is 22.1. The lowest BCUT2D eigenvalue weighted by atomic mass is 10.0. The van der Waals surface area contributed by atoms with Gasteiger partial charge >= 0.3 is 6.18 Å². The number of halogens is 3. The molecule has 0 bridgehead atoms. The van der Waals surface area contributed by atoms with Crippen LogP contribution in [0.5, 0.6) is 11.5 Å². The summed E-state index contributed by atoms with van der Waals surface area (Å²) < 4.78 is 42.7. The molecule has 3 heterocycles. The maximum atomic E-state index is 12.2. The number of amides is 1. The number of nitrogens with zero attached hydrogens (tertiary/aromatic N) is 2. The minimum absolute atomic E-state index is 0.0171. The zero-order valence-electron chi connectivity index (χ0n) is 18.9. The van der Waals surface area contributed by atoms with Crippen LogP contribution in [0.15, 0.2) is 55.0 Å². The largest absolute Gasteiger partial charge is 0.457 e. The van der Waals surface area contributed by atoms with Crippen molar-refractivity contribution in [1.29, 1.82) is 0 Å². The second kappa shape index (κ2) is 9.05. The van der Waals surface area contributed by atoms with E-state index in [1.54, 1.807) is 6.20 Å². The molecule has 2 aromatic heterocycles. The van der Waals surface area contributed by atoms with Crippen LogP contribution in [0.3, 0.4) is 0 Å². The number of benzene rings is 2. The van der Waals surface area contributed by atoms with E-state index in [-0.39, 0.29) is 5.91 Å². The Morgan fingerprint density at radius 1 is 1.03 bits per heavy atom. The van der Waals surface area contributed by atoms with Crippen LogP contribution in [0.2, 0.25) is 0 Å². The van der Waals surface area contributed by atoms with Gasteiger partial charge in [0.1, 0.15) is 17.3 Å². The minimum Gasteiger partial charge on any atom is -0.457 e. The molecule has 0 radical (unpaired) electrons. The van der Waals surface area contributed by atoms with E-state index in [0.29, 0.717) is 35.6 Å². The Morgan fingerprint density at radius 3 is 2.71 bits per heavy atom. The predicted octanol–water partition coefficient (Wildman–Crippen LogP) is 6.39. The summed E-state index contributed by atoms with van der Waals surface area (Å²) in [5.74, 6) is 2.89. The summed E-state index contributed by atoms with van der Waals surface area (Å²) in [6.45, 7) is 2.26. The summed E-state index contributed by atoms with van der Waals surface area (Å²) in [5, 5.41) is 2.80. The van der Waals surface area contributed by atoms with Crippen LogP contribution in [0.4, 0.5) is 19.0 Å². The topological polar surface area (TPSA) is 79.9 Å². The second-order valence-corrected chi connectivity index (χ2v) is 8.72. The van der Waals surface area contributed by atoms with E-state index in [2.05, 4.69) is 39.3 Å². The van der Waals surface area contributed by atoms with Crippen LogP contribution in [0, 0.1) is 0 Å². The van der Waals surface area contributed by atoms with Gasteiger partial charge in [-0.15, -0.1) is 0 Å². The molecule has 0 saturated heterocycles. The van der Waals surface area contributed by atoms with Gasteiger partial charge in [-0.05, 0) is 72.7 Å². The number of carbonyl (C=O) groups is 1. The molecule has 2 N–H and O–H groups in total. The zero-order chi connectivity index (χ0) is 24.6. The van der Waals surface area contributed by atoms with E-state index < -0.39 is 11.7 Å². The number of pyridine rings is 1. The van der Waals surface area contributed by atoms with Gasteiger partial charge < -0.3 is 15.0 Å². The number of aryl methyl sites for hydroxylation is 1. The molecule has 1 unspecified atom stereocenters. The Kier molecular flexibility index (Phi) is 5.92. The molecule has 9 heteroatoms. The number of hydrogen-bond acceptors (Lipinski definition) is 4. The molecule has 2 aliphatic rings. The normalized spacial score (nSPS) is 16.7. The Morgan fingerprint density at radius 2 is 1.89 bits per heavy atom. The fraction of sp³-hybridized carbons (Fsp3) is 0.269. The number of imidazole rings is 1. The van der Waals surface area contributed by atoms with Gasteiger partial charge in [-0.3, -0.25) is 4.79 Å². The summed E-state index contributed by atoms with van der Waals surface area (Å²) >= 11 is 0. The predicted molar refractivity (Wildman–Crippen MR) is 126 cm³/mol. The molecule has 1 aliphatic heterocycles. The number of H-pyrrole nitrogens is 1. The van der Waals surface area contributed by atoms with E-state index in [1.807, 2.05) is 12.1 Å². The fourth-order valence-corrected chi connectivity index (χ4v) is 4.44. The zero-order valence-corrected chi connectivity index (χ0v) is 18.9. The summed E-state index contributed by atoms with van der Waals surface area (Å²) in [6.07, 6.45) is 2.28. The van der Waals surface area contributed by atoms with Gasteiger partial charge in [0.2, 0.25) is 5.91 Å². The smallest absolute Gasteiger partial charge is 0.416 e. The number of hydrogen-bond donors (Lipinski definition) is 2. The van der Waals surface area contributed by atoms with Gasteiger partial charge in [0.05, 0.1) is 22.9 Å². The molecule has 0 fully saturated rings. The van der Waals surface area contributed by atoms with Crippen LogP contribution < -0.4 is 10.1 Å². The summed E-state index contributed by atoms with van der Waals surface area (Å²) in [5.41, 5.74) is 4.08. The highest BCUT2D eigenvalue weighted by molar-refractivity contribution is 5.93. The lowest BCUT2D eigenvalue weighted by Crippen LogP contribution is -2.20. The second-order valence-electron chi connectivity index (χ2n) is 8.72. The maximum Gasteiger partial charge on any atom is 0.416 e. The maximum absolute atomic E-state index is 12.2. The van der Waals surface area contributed by atoms with Crippen LogP contribution in [-0.2, 0) is 23.8 Å². The molecule has 0 saturated carbocycles. The fourth-order valence-electron chi connectivity index (χ4n) is 4.44. The van der Waals surface area contributed by atoms with E-state index in [0.717, 1.165) is 35.6 Å². The average molecular weight is 480 g/mol. The van der Waals surface area contributed by atoms with Crippen LogP contribution in [0.1, 0.15) is 47.9 Å². The van der Waals surface area contributed by atoms with Crippen molar-refractivity contribution in [3.63, 3.8) is 0 Å². The lowest BCUT2D eigenvalue weighted by Gasteiger charge is -2.19. The van der Waals surface area contributed by atoms with Crippen LogP contribution in [-0.4, -0.2) is 20.9 Å². The van der Waals surface area contributed by atoms with Gasteiger partial charge in [-0.1, -0.05) is 13.0 Å². The first kappa shape index (κ1) is 22.9. The monoisotopic (exact) mass is 480 g/mol. The van der Waals surface area contributed by atoms with Crippen molar-refractivity contribution in [3.8, 4) is 11.5 Å². The molecule has 0 spiro atoms. The molecule has 6 rings (SSSR count). The van der Waals surface area contributed by atoms with Gasteiger partial charge in [0.25, 0.3) is 0 Å². The highest BCUT2D eigenvalue weighted by atomic mass is 19.4. The van der Waals surface area contributed by atoms with Gasteiger partial charge in [-0.25, -0.2) is 9.97 Å². The summed E-state index contributed by atoms with van der Waals surface area (Å²) in [7, 11) is 0. The third kappa shape index (κ3) is 4.84. The lowest BCUT2D eigenvalue weighted by molar-refractivity contribution is -0.137. The molecular weight excluding hydrogens is 457 g/mol. The number of ether oxygens (including phenoxy) is 1. The first-order valence-corrected chi connectivity index (χ1v) is 11.4. The minimum atomic E-state index is -4.29. The molecule has 6 nitrogen and oxygen atoms in total. The number of fused-ring (bicyclic) bond motifs is 3. The number of nitrogens with one attached hydrogen (secondary N) is 2. The van der Waals surface area contributed by atoms with Gasteiger partial charge in [0.15, 0.2) is 0 Å². The van der Waals surface area contributed by atoms with Crippen molar-refractivity contribution in [3.05, 3.63) is 77.2 Å². The van der Waals surface area contributed by atoms with Crippen molar-refractivity contribution in [2.75, 3.05) is 5.32 Å².